The number of nitro groups is 1. The Bertz CT molecular complexity index is 1670. The summed E-state index contributed by atoms with van der Waals surface area (Å²) >= 11 is 0. The monoisotopic (exact) mass is 508 g/mol. The van der Waals surface area contributed by atoms with E-state index in [2.05, 4.69) is 10.4 Å². The van der Waals surface area contributed by atoms with Gasteiger partial charge in [-0.05, 0) is 48.4 Å². The lowest BCUT2D eigenvalue weighted by molar-refractivity contribution is -0.384. The second-order valence-corrected chi connectivity index (χ2v) is 8.59. The van der Waals surface area contributed by atoms with Crippen LogP contribution in [0.1, 0.15) is 16.8 Å². The van der Waals surface area contributed by atoms with Crippen molar-refractivity contribution in [3.05, 3.63) is 112 Å². The van der Waals surface area contributed by atoms with Gasteiger partial charge in [-0.15, -0.1) is 0 Å². The van der Waals surface area contributed by atoms with E-state index in [1.54, 1.807) is 36.1 Å². The molecule has 2 heterocycles. The van der Waals surface area contributed by atoms with Crippen LogP contribution >= 0.6 is 0 Å². The molecule has 0 aliphatic carbocycles. The lowest BCUT2D eigenvalue weighted by Gasteiger charge is -2.12. The van der Waals surface area contributed by atoms with Crippen LogP contribution in [0.5, 0.6) is 5.75 Å². The third-order valence-corrected chi connectivity index (χ3v) is 5.91. The second kappa shape index (κ2) is 10.4. The Balaban J connectivity index is 1.48. The van der Waals surface area contributed by atoms with Gasteiger partial charge in [0.15, 0.2) is 0 Å². The number of amides is 1. The molecule has 0 unspecified atom stereocenters. The number of carbonyl (C=O) groups excluding carboxylic acids is 1. The Morgan fingerprint density at radius 2 is 1.87 bits per heavy atom. The summed E-state index contributed by atoms with van der Waals surface area (Å²) in [6.07, 6.45) is 3.15. The number of imidazole rings is 1. The zero-order chi connectivity index (χ0) is 26.6. The minimum atomic E-state index is -0.416. The van der Waals surface area contributed by atoms with E-state index in [-0.39, 0.29) is 11.6 Å². The molecule has 0 fully saturated rings. The van der Waals surface area contributed by atoms with Crippen molar-refractivity contribution in [2.45, 2.75) is 13.5 Å². The SMILES string of the molecule is COc1ccc(/C=C/C(=O)Nc2cc(C)nn2-c2nc3ccccc3n2Cc2cccc([N+](=O)[O-])c2)cc1. The molecule has 5 rings (SSSR count). The van der Waals surface area contributed by atoms with Crippen molar-refractivity contribution >= 4 is 34.5 Å². The minimum absolute atomic E-state index is 0.0139. The summed E-state index contributed by atoms with van der Waals surface area (Å²) < 4.78 is 8.66. The third-order valence-electron chi connectivity index (χ3n) is 5.91. The summed E-state index contributed by atoms with van der Waals surface area (Å²) in [5.74, 6) is 1.32. The minimum Gasteiger partial charge on any atom is -0.497 e. The number of non-ortho nitro benzene ring substituents is 1. The van der Waals surface area contributed by atoms with Gasteiger partial charge in [0.1, 0.15) is 11.6 Å². The Morgan fingerprint density at radius 3 is 2.63 bits per heavy atom. The number of nitro benzene ring substituents is 1. The predicted molar refractivity (Wildman–Crippen MR) is 144 cm³/mol. The molecule has 1 amide bonds. The number of aryl methyl sites for hydroxylation is 1. The fourth-order valence-corrected chi connectivity index (χ4v) is 4.13. The summed E-state index contributed by atoms with van der Waals surface area (Å²) in [5.41, 5.74) is 3.86. The summed E-state index contributed by atoms with van der Waals surface area (Å²) in [6.45, 7) is 2.15. The van der Waals surface area contributed by atoms with Crippen LogP contribution in [0.15, 0.2) is 84.9 Å². The zero-order valence-corrected chi connectivity index (χ0v) is 20.7. The van der Waals surface area contributed by atoms with Crippen molar-refractivity contribution in [2.24, 2.45) is 0 Å². The first-order valence-electron chi connectivity index (χ1n) is 11.8. The van der Waals surface area contributed by atoms with Crippen LogP contribution in [0, 0.1) is 17.0 Å². The van der Waals surface area contributed by atoms with Crippen molar-refractivity contribution in [2.75, 3.05) is 12.4 Å². The summed E-state index contributed by atoms with van der Waals surface area (Å²) in [6, 6.07) is 23.2. The van der Waals surface area contributed by atoms with Gasteiger partial charge in [-0.25, -0.2) is 4.98 Å². The van der Waals surface area contributed by atoms with Gasteiger partial charge >= 0.3 is 0 Å². The fourth-order valence-electron chi connectivity index (χ4n) is 4.13. The highest BCUT2D eigenvalue weighted by atomic mass is 16.6. The van der Waals surface area contributed by atoms with Crippen LogP contribution < -0.4 is 10.1 Å². The van der Waals surface area contributed by atoms with E-state index in [1.165, 1.54) is 12.1 Å². The first kappa shape index (κ1) is 24.4. The average Bonchev–Trinajstić information content (AvgIpc) is 3.47. The molecule has 0 aliphatic heterocycles. The average molecular weight is 509 g/mol. The quantitative estimate of drug-likeness (QED) is 0.176. The van der Waals surface area contributed by atoms with Crippen molar-refractivity contribution in [3.63, 3.8) is 0 Å². The number of methoxy groups -OCH3 is 1. The highest BCUT2D eigenvalue weighted by molar-refractivity contribution is 6.01. The standard InChI is InChI=1S/C28H24N6O4/c1-19-16-26(30-27(35)15-12-20-10-13-23(38-2)14-11-20)33(31-19)28-29-24-8-3-4-9-25(24)32(28)18-21-6-5-7-22(17-21)34(36)37/h3-17H,18H2,1-2H3,(H,30,35)/b15-12+. The number of nitrogens with one attached hydrogen (secondary N) is 1. The van der Waals surface area contributed by atoms with E-state index in [1.807, 2.05) is 66.1 Å². The Labute approximate surface area is 218 Å². The van der Waals surface area contributed by atoms with Crippen LogP contribution in [0.3, 0.4) is 0 Å². The number of nitrogens with zero attached hydrogens (tertiary/aromatic N) is 5. The largest absolute Gasteiger partial charge is 0.497 e. The summed E-state index contributed by atoms with van der Waals surface area (Å²) in [5, 5.41) is 18.8. The van der Waals surface area contributed by atoms with Gasteiger partial charge in [0.25, 0.3) is 5.69 Å². The topological polar surface area (TPSA) is 117 Å². The highest BCUT2D eigenvalue weighted by Crippen LogP contribution is 2.25. The maximum atomic E-state index is 12.8. The van der Waals surface area contributed by atoms with E-state index in [9.17, 15) is 14.9 Å². The van der Waals surface area contributed by atoms with Gasteiger partial charge < -0.3 is 14.6 Å². The smallest absolute Gasteiger partial charge is 0.269 e. The number of hydrogen-bond donors (Lipinski definition) is 1. The molecule has 5 aromatic rings. The van der Waals surface area contributed by atoms with Crippen LogP contribution in [-0.4, -0.2) is 37.3 Å². The predicted octanol–water partition coefficient (Wildman–Crippen LogP) is 5.15. The molecule has 0 saturated heterocycles. The van der Waals surface area contributed by atoms with E-state index >= 15 is 0 Å². The molecule has 38 heavy (non-hydrogen) atoms. The number of fused-ring (bicyclic) bond motifs is 1. The molecule has 0 aliphatic rings. The van der Waals surface area contributed by atoms with Gasteiger partial charge in [0.05, 0.1) is 35.3 Å². The summed E-state index contributed by atoms with van der Waals surface area (Å²) in [4.78, 5) is 28.5. The number of anilines is 1. The number of aromatic nitrogens is 4. The number of benzene rings is 3. The third kappa shape index (κ3) is 5.14. The van der Waals surface area contributed by atoms with Gasteiger partial charge in [-0.1, -0.05) is 36.4 Å². The molecule has 190 valence electrons. The molecule has 10 heteroatoms. The molecular weight excluding hydrogens is 484 g/mol. The molecule has 1 N–H and O–H groups in total. The van der Waals surface area contributed by atoms with E-state index in [0.717, 1.165) is 27.9 Å². The van der Waals surface area contributed by atoms with Crippen LogP contribution in [-0.2, 0) is 11.3 Å². The van der Waals surface area contributed by atoms with E-state index in [0.29, 0.717) is 24.0 Å². The highest BCUT2D eigenvalue weighted by Gasteiger charge is 2.18. The maximum absolute atomic E-state index is 12.8. The summed E-state index contributed by atoms with van der Waals surface area (Å²) in [7, 11) is 1.60. The van der Waals surface area contributed by atoms with Gasteiger partial charge in [-0.2, -0.15) is 9.78 Å². The number of para-hydroxylation sites is 2. The molecule has 0 bridgehead atoms. The Kier molecular flexibility index (Phi) is 6.68. The van der Waals surface area contributed by atoms with Crippen LogP contribution in [0.25, 0.3) is 23.1 Å². The lowest BCUT2D eigenvalue weighted by Crippen LogP contribution is -2.15. The molecule has 0 radical (unpaired) electrons. The first-order valence-corrected chi connectivity index (χ1v) is 11.8. The first-order chi connectivity index (χ1) is 18.4. The van der Waals surface area contributed by atoms with Crippen LogP contribution in [0.2, 0.25) is 0 Å². The van der Waals surface area contributed by atoms with E-state index in [4.69, 9.17) is 9.72 Å². The maximum Gasteiger partial charge on any atom is 0.269 e. The zero-order valence-electron chi connectivity index (χ0n) is 20.7. The number of ether oxygens (including phenoxy) is 1. The van der Waals surface area contributed by atoms with Gasteiger partial charge in [-0.3, -0.25) is 14.9 Å². The molecular formula is C28H24N6O4. The molecule has 0 atom stereocenters. The van der Waals surface area contributed by atoms with Crippen LogP contribution in [0.4, 0.5) is 11.5 Å². The van der Waals surface area contributed by atoms with Gasteiger partial charge in [0, 0.05) is 24.3 Å². The number of hydrogen-bond acceptors (Lipinski definition) is 6. The van der Waals surface area contributed by atoms with Crippen molar-refractivity contribution in [3.8, 4) is 11.7 Å². The Morgan fingerprint density at radius 1 is 1.08 bits per heavy atom. The van der Waals surface area contributed by atoms with Crippen molar-refractivity contribution < 1.29 is 14.5 Å². The second-order valence-electron chi connectivity index (χ2n) is 8.59. The lowest BCUT2D eigenvalue weighted by atomic mass is 10.2. The molecule has 3 aromatic carbocycles. The molecule has 0 saturated carbocycles. The molecule has 2 aromatic heterocycles. The fraction of sp³-hybridized carbons (Fsp3) is 0.107. The Hall–Kier alpha value is -5.25. The normalized spacial score (nSPS) is 11.2. The van der Waals surface area contributed by atoms with Gasteiger partial charge in [0.2, 0.25) is 11.9 Å². The molecule has 0 spiro atoms. The van der Waals surface area contributed by atoms with Crippen molar-refractivity contribution in [1.29, 1.82) is 0 Å². The molecule has 10 nitrogen and oxygen atoms in total. The number of carbonyl (C=O) groups is 1. The number of rotatable bonds is 8. The van der Waals surface area contributed by atoms with Crippen molar-refractivity contribution in [1.82, 2.24) is 19.3 Å². The van der Waals surface area contributed by atoms with E-state index < -0.39 is 4.92 Å².